The second-order valence-electron chi connectivity index (χ2n) is 4.25. The van der Waals surface area contributed by atoms with E-state index in [0.717, 1.165) is 12.8 Å². The first-order valence-corrected chi connectivity index (χ1v) is 7.21. The molecule has 2 unspecified atom stereocenters. The minimum Gasteiger partial charge on any atom is -0.387 e. The molecule has 0 bridgehead atoms. The molecule has 1 aromatic heterocycles. The summed E-state index contributed by atoms with van der Waals surface area (Å²) in [4.78, 5) is 4.08. The van der Waals surface area contributed by atoms with Gasteiger partial charge < -0.3 is 5.32 Å². The maximum Gasteiger partial charge on any atom is 0.244 e. The van der Waals surface area contributed by atoms with Gasteiger partial charge in [0.25, 0.3) is 0 Å². The molecule has 2 atom stereocenters. The van der Waals surface area contributed by atoms with Gasteiger partial charge in [0.15, 0.2) is 0 Å². The second-order valence-corrected chi connectivity index (χ2v) is 5.94. The molecule has 0 amide bonds. The van der Waals surface area contributed by atoms with Gasteiger partial charge in [0.05, 0.1) is 5.69 Å². The van der Waals surface area contributed by atoms with E-state index in [0.29, 0.717) is 11.6 Å². The fourth-order valence-electron chi connectivity index (χ4n) is 1.91. The third-order valence-corrected chi connectivity index (χ3v) is 4.61. The zero-order valence-corrected chi connectivity index (χ0v) is 10.8. The number of pyridine rings is 1. The number of nitrogens with zero attached hydrogens (tertiary/aromatic N) is 1. The molecule has 0 radical (unpaired) electrons. The van der Waals surface area contributed by atoms with Crippen LogP contribution in [0.15, 0.2) is 23.4 Å². The molecule has 94 valence electrons. The Hall–Kier alpha value is -1.14. The van der Waals surface area contributed by atoms with Crippen molar-refractivity contribution in [3.63, 3.8) is 0 Å². The Bertz CT molecular complexity index is 501. The molecular formula is C11H17N3O2S. The van der Waals surface area contributed by atoms with Crippen molar-refractivity contribution in [3.8, 4) is 0 Å². The lowest BCUT2D eigenvalue weighted by atomic mass is 10.3. The quantitative estimate of drug-likeness (QED) is 0.829. The van der Waals surface area contributed by atoms with Crippen LogP contribution >= 0.6 is 0 Å². The Labute approximate surface area is 102 Å². The number of hydrogen-bond donors (Lipinski definition) is 2. The fraction of sp³-hybridized carbons (Fsp3) is 0.545. The van der Waals surface area contributed by atoms with Crippen LogP contribution in [-0.4, -0.2) is 26.5 Å². The van der Waals surface area contributed by atoms with Crippen molar-refractivity contribution in [3.05, 3.63) is 18.5 Å². The molecule has 0 aromatic carbocycles. The number of anilines is 1. The van der Waals surface area contributed by atoms with E-state index < -0.39 is 10.0 Å². The normalized spacial score (nSPS) is 23.4. The molecule has 0 spiro atoms. The first-order chi connectivity index (χ1) is 8.08. The number of hydrogen-bond acceptors (Lipinski definition) is 4. The topological polar surface area (TPSA) is 71.1 Å². The molecule has 2 N–H and O–H groups in total. The SMILES string of the molecule is CCC1CC1NS(=O)(=O)c1cnccc1NC. The lowest BCUT2D eigenvalue weighted by Crippen LogP contribution is -2.27. The van der Waals surface area contributed by atoms with Gasteiger partial charge in [-0.3, -0.25) is 4.98 Å². The minimum atomic E-state index is -3.46. The van der Waals surface area contributed by atoms with Crippen LogP contribution in [0, 0.1) is 5.92 Å². The average Bonchev–Trinajstić information content (AvgIpc) is 3.06. The van der Waals surface area contributed by atoms with E-state index in [-0.39, 0.29) is 10.9 Å². The van der Waals surface area contributed by atoms with Gasteiger partial charge in [-0.2, -0.15) is 0 Å². The van der Waals surface area contributed by atoms with Crippen molar-refractivity contribution in [1.82, 2.24) is 9.71 Å². The van der Waals surface area contributed by atoms with Crippen LogP contribution in [0.4, 0.5) is 5.69 Å². The van der Waals surface area contributed by atoms with E-state index >= 15 is 0 Å². The summed E-state index contributed by atoms with van der Waals surface area (Å²) in [7, 11) is -1.76. The van der Waals surface area contributed by atoms with Gasteiger partial charge in [-0.15, -0.1) is 0 Å². The summed E-state index contributed by atoms with van der Waals surface area (Å²) >= 11 is 0. The standard InChI is InChI=1S/C11H17N3O2S/c1-3-8-6-10(8)14-17(15,16)11-7-13-5-4-9(11)12-2/h4-5,7-8,10,14H,3,6H2,1-2H3,(H,12,13). The zero-order valence-electron chi connectivity index (χ0n) is 9.97. The van der Waals surface area contributed by atoms with Crippen molar-refractivity contribution in [2.75, 3.05) is 12.4 Å². The molecule has 0 aliphatic heterocycles. The van der Waals surface area contributed by atoms with E-state index in [2.05, 4.69) is 21.9 Å². The highest BCUT2D eigenvalue weighted by atomic mass is 32.2. The molecule has 1 fully saturated rings. The molecular weight excluding hydrogens is 238 g/mol. The van der Waals surface area contributed by atoms with E-state index in [1.54, 1.807) is 19.3 Å². The van der Waals surface area contributed by atoms with Crippen LogP contribution in [0.2, 0.25) is 0 Å². The van der Waals surface area contributed by atoms with Gasteiger partial charge in [0, 0.05) is 25.5 Å². The Morgan fingerprint density at radius 1 is 1.53 bits per heavy atom. The molecule has 17 heavy (non-hydrogen) atoms. The monoisotopic (exact) mass is 255 g/mol. The Morgan fingerprint density at radius 3 is 2.88 bits per heavy atom. The number of aromatic nitrogens is 1. The largest absolute Gasteiger partial charge is 0.387 e. The first kappa shape index (κ1) is 12.3. The van der Waals surface area contributed by atoms with Gasteiger partial charge in [-0.05, 0) is 18.4 Å². The summed E-state index contributed by atoms with van der Waals surface area (Å²) in [6, 6.07) is 1.74. The molecule has 1 aromatic rings. The second kappa shape index (κ2) is 4.62. The Kier molecular flexibility index (Phi) is 3.35. The van der Waals surface area contributed by atoms with Gasteiger partial charge in [0.1, 0.15) is 4.90 Å². The van der Waals surface area contributed by atoms with Crippen molar-refractivity contribution >= 4 is 15.7 Å². The number of sulfonamides is 1. The lowest BCUT2D eigenvalue weighted by molar-refractivity contribution is 0.576. The van der Waals surface area contributed by atoms with Crippen LogP contribution < -0.4 is 10.0 Å². The molecule has 1 heterocycles. The van der Waals surface area contributed by atoms with E-state index in [1.165, 1.54) is 6.20 Å². The third kappa shape index (κ3) is 2.58. The summed E-state index contributed by atoms with van der Waals surface area (Å²) in [5.74, 6) is 0.486. The third-order valence-electron chi connectivity index (χ3n) is 3.10. The van der Waals surface area contributed by atoms with Crippen LogP contribution in [-0.2, 0) is 10.0 Å². The highest BCUT2D eigenvalue weighted by Gasteiger charge is 2.39. The van der Waals surface area contributed by atoms with Crippen molar-refractivity contribution in [2.45, 2.75) is 30.7 Å². The predicted octanol–water partition coefficient (Wildman–Crippen LogP) is 1.20. The summed E-state index contributed by atoms with van der Waals surface area (Å²) < 4.78 is 27.0. The summed E-state index contributed by atoms with van der Waals surface area (Å²) in [5, 5.41) is 2.86. The van der Waals surface area contributed by atoms with Gasteiger partial charge in [-0.25, -0.2) is 13.1 Å². The molecule has 1 saturated carbocycles. The highest BCUT2D eigenvalue weighted by molar-refractivity contribution is 7.89. The zero-order chi connectivity index (χ0) is 12.5. The fourth-order valence-corrected chi connectivity index (χ4v) is 3.38. The van der Waals surface area contributed by atoms with Crippen LogP contribution in [0.25, 0.3) is 0 Å². The maximum atomic E-state index is 12.1. The van der Waals surface area contributed by atoms with Crippen LogP contribution in [0.5, 0.6) is 0 Å². The average molecular weight is 255 g/mol. The molecule has 2 rings (SSSR count). The van der Waals surface area contributed by atoms with Crippen LogP contribution in [0.1, 0.15) is 19.8 Å². The van der Waals surface area contributed by atoms with Gasteiger partial charge in [0.2, 0.25) is 10.0 Å². The summed E-state index contributed by atoms with van der Waals surface area (Å²) in [6.07, 6.45) is 4.89. The van der Waals surface area contributed by atoms with Crippen molar-refractivity contribution < 1.29 is 8.42 Å². The first-order valence-electron chi connectivity index (χ1n) is 5.72. The van der Waals surface area contributed by atoms with E-state index in [4.69, 9.17) is 0 Å². The van der Waals surface area contributed by atoms with Crippen molar-refractivity contribution in [1.29, 1.82) is 0 Å². The van der Waals surface area contributed by atoms with Crippen molar-refractivity contribution in [2.24, 2.45) is 5.92 Å². The van der Waals surface area contributed by atoms with Crippen LogP contribution in [0.3, 0.4) is 0 Å². The van der Waals surface area contributed by atoms with Gasteiger partial charge in [-0.1, -0.05) is 13.3 Å². The van der Waals surface area contributed by atoms with Gasteiger partial charge >= 0.3 is 0 Å². The minimum absolute atomic E-state index is 0.0925. The number of nitrogens with one attached hydrogen (secondary N) is 2. The number of rotatable bonds is 5. The predicted molar refractivity (Wildman–Crippen MR) is 66.3 cm³/mol. The smallest absolute Gasteiger partial charge is 0.244 e. The molecule has 1 aliphatic carbocycles. The maximum absolute atomic E-state index is 12.1. The van der Waals surface area contributed by atoms with E-state index in [1.807, 2.05) is 0 Å². The Balaban J connectivity index is 2.20. The lowest BCUT2D eigenvalue weighted by Gasteiger charge is -2.10. The summed E-state index contributed by atoms with van der Waals surface area (Å²) in [5.41, 5.74) is 0.571. The molecule has 5 nitrogen and oxygen atoms in total. The van der Waals surface area contributed by atoms with E-state index in [9.17, 15) is 8.42 Å². The molecule has 0 saturated heterocycles. The summed E-state index contributed by atoms with van der Waals surface area (Å²) in [6.45, 7) is 2.07. The molecule has 1 aliphatic rings. The highest BCUT2D eigenvalue weighted by Crippen LogP contribution is 2.34. The molecule has 6 heteroatoms. The Morgan fingerprint density at radius 2 is 2.29 bits per heavy atom.